The third-order valence-electron chi connectivity index (χ3n) is 5.65. The molecule has 1 aliphatic rings. The number of rotatable bonds is 4. The van der Waals surface area contributed by atoms with Gasteiger partial charge in [0.05, 0.1) is 19.7 Å². The summed E-state index contributed by atoms with van der Waals surface area (Å²) in [7, 11) is 4.81. The number of anilines is 3. The largest absolute Gasteiger partial charge is 0.493 e. The Bertz CT molecular complexity index is 1370. The number of nitrogens with one attached hydrogen (secondary N) is 1. The highest BCUT2D eigenvalue weighted by molar-refractivity contribution is 5.91. The number of nitrogens with zero attached hydrogens (tertiary/aromatic N) is 7. The van der Waals surface area contributed by atoms with Crippen LogP contribution in [0, 0.1) is 0 Å². The first-order valence-electron chi connectivity index (χ1n) is 10.1. The van der Waals surface area contributed by atoms with Crippen molar-refractivity contribution in [2.75, 3.05) is 55.9 Å². The first-order valence-corrected chi connectivity index (χ1v) is 10.1. The van der Waals surface area contributed by atoms with E-state index in [1.807, 2.05) is 0 Å². The molecule has 1 fully saturated rings. The van der Waals surface area contributed by atoms with Crippen molar-refractivity contribution in [3.05, 3.63) is 28.7 Å². The number of fused-ring (bicyclic) bond motifs is 2. The summed E-state index contributed by atoms with van der Waals surface area (Å²) in [6.07, 6.45) is 1.57. The molecule has 0 saturated carbocycles. The predicted octanol–water partition coefficient (Wildman–Crippen LogP) is 0.526. The number of benzene rings is 1. The number of aromatic nitrogens is 6. The van der Waals surface area contributed by atoms with Crippen LogP contribution in [0.4, 0.5) is 17.7 Å². The Balaban J connectivity index is 1.38. The van der Waals surface area contributed by atoms with Gasteiger partial charge in [-0.3, -0.25) is 14.6 Å². The van der Waals surface area contributed by atoms with E-state index in [9.17, 15) is 4.79 Å². The molecule has 0 atom stereocenters. The summed E-state index contributed by atoms with van der Waals surface area (Å²) in [5.74, 6) is 2.68. The number of ether oxygens (including phenoxy) is 2. The Hall–Kier alpha value is -4.09. The zero-order valence-electron chi connectivity index (χ0n) is 18.0. The number of aryl methyl sites for hydroxylation is 1. The average Bonchev–Trinajstić information content (AvgIpc) is 3.11. The van der Waals surface area contributed by atoms with Gasteiger partial charge in [0.1, 0.15) is 11.2 Å². The number of methoxy groups -OCH3 is 2. The van der Waals surface area contributed by atoms with Crippen molar-refractivity contribution in [3.8, 4) is 11.5 Å². The van der Waals surface area contributed by atoms with E-state index >= 15 is 0 Å². The molecule has 4 heterocycles. The van der Waals surface area contributed by atoms with Crippen LogP contribution in [0.1, 0.15) is 0 Å². The number of aromatic amines is 1. The molecule has 1 aliphatic heterocycles. The number of nitrogens with two attached hydrogens (primary N) is 1. The van der Waals surface area contributed by atoms with Crippen molar-refractivity contribution >= 4 is 39.7 Å². The molecular weight excluding hydrogens is 414 g/mol. The summed E-state index contributed by atoms with van der Waals surface area (Å²) < 4.78 is 12.1. The summed E-state index contributed by atoms with van der Waals surface area (Å²) in [5.41, 5.74) is 7.30. The second-order valence-corrected chi connectivity index (χ2v) is 7.52. The quantitative estimate of drug-likeness (QED) is 0.464. The third-order valence-corrected chi connectivity index (χ3v) is 5.65. The van der Waals surface area contributed by atoms with Crippen LogP contribution >= 0.6 is 0 Å². The first kappa shape index (κ1) is 19.8. The van der Waals surface area contributed by atoms with Gasteiger partial charge in [0.2, 0.25) is 11.9 Å². The lowest BCUT2D eigenvalue weighted by Crippen LogP contribution is -2.47. The van der Waals surface area contributed by atoms with Crippen molar-refractivity contribution in [2.24, 2.45) is 7.05 Å². The number of hydrogen-bond acceptors (Lipinski definition) is 10. The van der Waals surface area contributed by atoms with Crippen LogP contribution in [-0.4, -0.2) is 70.1 Å². The maximum Gasteiger partial charge on any atom is 0.277 e. The lowest BCUT2D eigenvalue weighted by Gasteiger charge is -2.34. The van der Waals surface area contributed by atoms with Crippen molar-refractivity contribution in [1.82, 2.24) is 29.7 Å². The van der Waals surface area contributed by atoms with Gasteiger partial charge < -0.3 is 25.0 Å². The first-order chi connectivity index (χ1) is 15.5. The van der Waals surface area contributed by atoms with Gasteiger partial charge in [-0.1, -0.05) is 0 Å². The molecule has 0 unspecified atom stereocenters. The van der Waals surface area contributed by atoms with Gasteiger partial charge in [-0.15, -0.1) is 0 Å². The van der Waals surface area contributed by atoms with Gasteiger partial charge in [-0.2, -0.15) is 9.97 Å². The molecule has 3 N–H and O–H groups in total. The van der Waals surface area contributed by atoms with Crippen LogP contribution < -0.4 is 30.6 Å². The van der Waals surface area contributed by atoms with E-state index in [2.05, 4.69) is 29.9 Å². The minimum atomic E-state index is -0.142. The summed E-state index contributed by atoms with van der Waals surface area (Å²) in [4.78, 5) is 34.3. The Morgan fingerprint density at radius 3 is 2.28 bits per heavy atom. The second kappa shape index (κ2) is 7.55. The Morgan fingerprint density at radius 2 is 1.59 bits per heavy atom. The monoisotopic (exact) mass is 437 g/mol. The van der Waals surface area contributed by atoms with Gasteiger partial charge >= 0.3 is 0 Å². The Kier molecular flexibility index (Phi) is 4.68. The van der Waals surface area contributed by atoms with E-state index in [0.717, 1.165) is 0 Å². The van der Waals surface area contributed by atoms with Crippen molar-refractivity contribution in [2.45, 2.75) is 0 Å². The number of hydrogen-bond donors (Lipinski definition) is 2. The topological polar surface area (TPSA) is 140 Å². The molecule has 0 amide bonds. The van der Waals surface area contributed by atoms with Crippen molar-refractivity contribution in [3.63, 3.8) is 0 Å². The van der Waals surface area contributed by atoms with E-state index in [0.29, 0.717) is 77.3 Å². The molecule has 0 radical (unpaired) electrons. The zero-order chi connectivity index (χ0) is 22.4. The number of piperazine rings is 1. The maximum absolute atomic E-state index is 12.0. The lowest BCUT2D eigenvalue weighted by molar-refractivity contribution is 0.356. The van der Waals surface area contributed by atoms with E-state index in [1.165, 1.54) is 4.68 Å². The SMILES string of the molecule is COc1cc2nc(N3CCN(c4ncc5c(=O)n(C)[nH]c5n4)CC3)nc(N)c2cc1OC. The molecule has 1 saturated heterocycles. The normalized spacial score (nSPS) is 14.3. The van der Waals surface area contributed by atoms with E-state index in [4.69, 9.17) is 20.2 Å². The van der Waals surface area contributed by atoms with Gasteiger partial charge in [-0.05, 0) is 6.07 Å². The van der Waals surface area contributed by atoms with Gasteiger partial charge in [0.15, 0.2) is 17.1 Å². The average molecular weight is 437 g/mol. The highest BCUT2D eigenvalue weighted by atomic mass is 16.5. The molecule has 3 aromatic heterocycles. The highest BCUT2D eigenvalue weighted by Crippen LogP contribution is 2.34. The van der Waals surface area contributed by atoms with Gasteiger partial charge in [0, 0.05) is 50.9 Å². The highest BCUT2D eigenvalue weighted by Gasteiger charge is 2.23. The fourth-order valence-electron chi connectivity index (χ4n) is 3.87. The molecule has 5 rings (SSSR count). The predicted molar refractivity (Wildman–Crippen MR) is 121 cm³/mol. The van der Waals surface area contributed by atoms with Crippen LogP contribution in [0.2, 0.25) is 0 Å². The fourth-order valence-corrected chi connectivity index (χ4v) is 3.87. The summed E-state index contributed by atoms with van der Waals surface area (Å²) >= 11 is 0. The summed E-state index contributed by atoms with van der Waals surface area (Å²) in [5, 5.41) is 4.13. The smallest absolute Gasteiger partial charge is 0.277 e. The van der Waals surface area contributed by atoms with Crippen molar-refractivity contribution in [1.29, 1.82) is 0 Å². The van der Waals surface area contributed by atoms with Crippen LogP contribution in [0.25, 0.3) is 21.9 Å². The molecule has 0 aliphatic carbocycles. The van der Waals surface area contributed by atoms with Crippen LogP contribution in [0.5, 0.6) is 11.5 Å². The minimum absolute atomic E-state index is 0.142. The fraction of sp³-hybridized carbons (Fsp3) is 0.350. The molecule has 12 heteroatoms. The molecule has 0 bridgehead atoms. The van der Waals surface area contributed by atoms with Crippen LogP contribution in [0.15, 0.2) is 23.1 Å². The number of nitrogen functional groups attached to an aromatic ring is 1. The maximum atomic E-state index is 12.0. The molecular formula is C20H23N9O3. The summed E-state index contributed by atoms with van der Waals surface area (Å²) in [6.45, 7) is 2.70. The van der Waals surface area contributed by atoms with E-state index < -0.39 is 0 Å². The number of H-pyrrole nitrogens is 1. The molecule has 0 spiro atoms. The standard InChI is InChI=1S/C20H23N9O3/c1-27-18(30)12-10-22-19(25-17(12)26-27)28-4-6-29(7-5-28)20-23-13-9-15(32-3)14(31-2)8-11(13)16(21)24-20/h8-10H,4-7H2,1-3H3,(H2,21,23,24)(H,22,25,26). The summed E-state index contributed by atoms with van der Waals surface area (Å²) in [6, 6.07) is 3.59. The van der Waals surface area contributed by atoms with Gasteiger partial charge in [0.25, 0.3) is 5.56 Å². The lowest BCUT2D eigenvalue weighted by atomic mass is 10.2. The minimum Gasteiger partial charge on any atom is -0.493 e. The molecule has 32 heavy (non-hydrogen) atoms. The van der Waals surface area contributed by atoms with E-state index in [-0.39, 0.29) is 5.56 Å². The Labute approximate surface area is 182 Å². The van der Waals surface area contributed by atoms with Crippen LogP contribution in [-0.2, 0) is 7.05 Å². The Morgan fingerprint density at radius 1 is 0.938 bits per heavy atom. The molecule has 166 valence electrons. The molecule has 12 nitrogen and oxygen atoms in total. The molecule has 4 aromatic rings. The second-order valence-electron chi connectivity index (χ2n) is 7.52. The third kappa shape index (κ3) is 3.20. The van der Waals surface area contributed by atoms with Crippen molar-refractivity contribution < 1.29 is 9.47 Å². The molecule has 1 aromatic carbocycles. The van der Waals surface area contributed by atoms with Gasteiger partial charge in [-0.25, -0.2) is 9.97 Å². The van der Waals surface area contributed by atoms with E-state index in [1.54, 1.807) is 39.6 Å². The van der Waals surface area contributed by atoms with Crippen LogP contribution in [0.3, 0.4) is 0 Å². The zero-order valence-corrected chi connectivity index (χ0v) is 18.0.